The minimum absolute atomic E-state index is 0.741. The van der Waals surface area contributed by atoms with Crippen molar-refractivity contribution >= 4 is 31.5 Å². The van der Waals surface area contributed by atoms with Crippen LogP contribution in [0.15, 0.2) is 109 Å². The summed E-state index contributed by atoms with van der Waals surface area (Å²) in [5.41, 5.74) is 4.28. The third-order valence-corrected chi connectivity index (χ3v) is 9.32. The predicted octanol–water partition coefficient (Wildman–Crippen LogP) is 6.30. The summed E-state index contributed by atoms with van der Waals surface area (Å²) in [5.74, 6) is 3.16. The molecule has 4 aromatic carbocycles. The minimum Gasteiger partial charge on any atom is -0.456 e. The van der Waals surface area contributed by atoms with Gasteiger partial charge in [0.25, 0.3) is 0 Å². The Morgan fingerprint density at radius 2 is 1.51 bits per heavy atom. The number of hydrogen-bond acceptors (Lipinski definition) is 4. The molecule has 0 bridgehead atoms. The van der Waals surface area contributed by atoms with Crippen LogP contribution < -0.4 is 18.7 Å². The Morgan fingerprint density at radius 1 is 0.718 bits per heavy atom. The average molecular weight is 523 g/mol. The molecule has 10 rings (SSSR count). The predicted molar refractivity (Wildman–Crippen MR) is 147 cm³/mol. The van der Waals surface area contributed by atoms with Crippen molar-refractivity contribution in [2.24, 2.45) is 0 Å². The molecular formula is C32H18N4O2S+2. The van der Waals surface area contributed by atoms with Crippen molar-refractivity contribution < 1.29 is 18.7 Å². The lowest BCUT2D eigenvalue weighted by molar-refractivity contribution is -0.998. The molecule has 0 radical (unpaired) electrons. The summed E-state index contributed by atoms with van der Waals surface area (Å²) in [6.45, 7) is 0. The van der Waals surface area contributed by atoms with E-state index in [1.165, 1.54) is 20.2 Å². The summed E-state index contributed by atoms with van der Waals surface area (Å²) >= 11 is 1.83. The van der Waals surface area contributed by atoms with Gasteiger partial charge in [0.1, 0.15) is 17.2 Å². The Balaban J connectivity index is 1.30. The van der Waals surface area contributed by atoms with Gasteiger partial charge in [-0.15, -0.1) is 15.9 Å². The first-order chi connectivity index (χ1) is 19.3. The van der Waals surface area contributed by atoms with Gasteiger partial charge in [-0.05, 0) is 59.4 Å². The molecule has 1 unspecified atom stereocenters. The molecule has 182 valence electrons. The van der Waals surface area contributed by atoms with E-state index >= 15 is 0 Å². The number of thiophene rings is 1. The number of benzene rings is 4. The fourth-order valence-electron chi connectivity index (χ4n) is 6.63. The molecule has 0 fully saturated rings. The van der Waals surface area contributed by atoms with Crippen LogP contribution in [0, 0.1) is 0 Å². The third kappa shape index (κ3) is 2.28. The lowest BCUT2D eigenvalue weighted by atomic mass is 9.85. The number of rotatable bonds is 1. The molecule has 0 saturated carbocycles. The quantitative estimate of drug-likeness (QED) is 0.238. The van der Waals surface area contributed by atoms with Gasteiger partial charge >= 0.3 is 11.5 Å². The Morgan fingerprint density at radius 3 is 2.46 bits per heavy atom. The summed E-state index contributed by atoms with van der Waals surface area (Å²) in [6.07, 6.45) is 4.25. The van der Waals surface area contributed by atoms with E-state index in [2.05, 4.69) is 70.2 Å². The van der Waals surface area contributed by atoms with Crippen LogP contribution in [0.4, 0.5) is 0 Å². The second-order valence-corrected chi connectivity index (χ2v) is 11.2. The summed E-state index contributed by atoms with van der Waals surface area (Å²) < 4.78 is 19.9. The van der Waals surface area contributed by atoms with E-state index in [1.54, 1.807) is 0 Å². The number of hydrogen-bond donors (Lipinski definition) is 0. The van der Waals surface area contributed by atoms with Crippen molar-refractivity contribution in [1.29, 1.82) is 0 Å². The van der Waals surface area contributed by atoms with Crippen molar-refractivity contribution in [1.82, 2.24) is 9.90 Å². The van der Waals surface area contributed by atoms with Gasteiger partial charge in [0.15, 0.2) is 29.3 Å². The second kappa shape index (κ2) is 6.70. The maximum absolute atomic E-state index is 6.47. The molecule has 3 aromatic heterocycles. The zero-order valence-electron chi connectivity index (χ0n) is 20.4. The van der Waals surface area contributed by atoms with Crippen LogP contribution in [0.25, 0.3) is 37.1 Å². The van der Waals surface area contributed by atoms with E-state index in [0.717, 1.165) is 51.2 Å². The number of pyridine rings is 1. The summed E-state index contributed by atoms with van der Waals surface area (Å²) in [5, 5.41) is 7.75. The molecule has 7 aromatic rings. The van der Waals surface area contributed by atoms with Gasteiger partial charge < -0.3 is 9.47 Å². The first kappa shape index (κ1) is 20.0. The molecule has 3 aliphatic heterocycles. The van der Waals surface area contributed by atoms with Gasteiger partial charge in [-0.2, -0.15) is 0 Å². The smallest absolute Gasteiger partial charge is 0.395 e. The van der Waals surface area contributed by atoms with Crippen LogP contribution in [-0.2, 0) is 5.66 Å². The number of fused-ring (bicyclic) bond motifs is 6. The molecule has 6 nitrogen and oxygen atoms in total. The minimum atomic E-state index is -0.741. The number of nitrogens with zero attached hydrogens (tertiary/aromatic N) is 4. The Labute approximate surface area is 226 Å². The maximum atomic E-state index is 6.47. The molecule has 1 atom stereocenters. The Hall–Kier alpha value is -5.01. The molecule has 0 N–H and O–H groups in total. The van der Waals surface area contributed by atoms with E-state index in [1.807, 2.05) is 64.7 Å². The van der Waals surface area contributed by atoms with Gasteiger partial charge in [-0.25, -0.2) is 0 Å². The van der Waals surface area contributed by atoms with Crippen LogP contribution in [0.2, 0.25) is 0 Å². The van der Waals surface area contributed by atoms with Crippen LogP contribution in [0.1, 0.15) is 11.1 Å². The molecular weight excluding hydrogens is 504 g/mol. The molecule has 7 heteroatoms. The highest BCUT2D eigenvalue weighted by atomic mass is 32.1. The highest BCUT2D eigenvalue weighted by Crippen LogP contribution is 2.55. The van der Waals surface area contributed by atoms with Gasteiger partial charge in [-0.3, -0.25) is 0 Å². The summed E-state index contributed by atoms with van der Waals surface area (Å²) in [7, 11) is 0. The van der Waals surface area contributed by atoms with E-state index in [-0.39, 0.29) is 0 Å². The van der Waals surface area contributed by atoms with Crippen molar-refractivity contribution in [2.75, 3.05) is 0 Å². The van der Waals surface area contributed by atoms with Gasteiger partial charge in [-0.1, -0.05) is 35.0 Å². The molecule has 3 aliphatic rings. The third-order valence-electron chi connectivity index (χ3n) is 8.17. The van der Waals surface area contributed by atoms with E-state index < -0.39 is 5.66 Å². The Kier molecular flexibility index (Phi) is 3.44. The standard InChI is InChI=1S/C32H18N4O2S/c1-2-12-27-20(7-1)21-17-19(14-15-28(21)39-27)22-18-35-32-30-23(36(35)33-22)8-5-9-24(30)37-25-10-6-11-26(31(25)32)38-29-13-3-4-16-34(29)32/h1-18H/q+2. The van der Waals surface area contributed by atoms with Crippen LogP contribution in [0.3, 0.4) is 0 Å². The fraction of sp³-hybridized carbons (Fsp3) is 0.0312. The van der Waals surface area contributed by atoms with Crippen LogP contribution >= 0.6 is 11.3 Å². The maximum Gasteiger partial charge on any atom is 0.395 e. The topological polar surface area (TPSA) is 44.0 Å². The normalized spacial score (nSPS) is 17.2. The number of aromatic nitrogens is 4. The summed E-state index contributed by atoms with van der Waals surface area (Å²) in [4.78, 5) is 2.02. The van der Waals surface area contributed by atoms with Crippen molar-refractivity contribution in [3.05, 3.63) is 121 Å². The van der Waals surface area contributed by atoms with E-state index in [9.17, 15) is 0 Å². The molecule has 0 aliphatic carbocycles. The van der Waals surface area contributed by atoms with Gasteiger partial charge in [0, 0.05) is 31.8 Å². The molecule has 6 heterocycles. The molecule has 1 spiro atoms. The lowest BCUT2D eigenvalue weighted by Gasteiger charge is -2.33. The molecule has 0 amide bonds. The molecule has 39 heavy (non-hydrogen) atoms. The Bertz CT molecular complexity index is 2200. The summed E-state index contributed by atoms with van der Waals surface area (Å²) in [6, 6.07) is 33.5. The highest BCUT2D eigenvalue weighted by Gasteiger charge is 2.69. The van der Waals surface area contributed by atoms with Gasteiger partial charge in [0.05, 0.1) is 11.2 Å². The van der Waals surface area contributed by atoms with Crippen molar-refractivity contribution in [2.45, 2.75) is 5.66 Å². The van der Waals surface area contributed by atoms with Gasteiger partial charge in [0.2, 0.25) is 5.69 Å². The van der Waals surface area contributed by atoms with E-state index in [0.29, 0.717) is 0 Å². The monoisotopic (exact) mass is 522 g/mol. The zero-order valence-corrected chi connectivity index (χ0v) is 21.2. The fourth-order valence-corrected chi connectivity index (χ4v) is 7.71. The number of ether oxygens (including phenoxy) is 2. The van der Waals surface area contributed by atoms with E-state index in [4.69, 9.17) is 14.6 Å². The second-order valence-electron chi connectivity index (χ2n) is 10.1. The van der Waals surface area contributed by atoms with Crippen molar-refractivity contribution in [3.8, 4) is 40.1 Å². The van der Waals surface area contributed by atoms with Crippen LogP contribution in [-0.4, -0.2) is 9.90 Å². The van der Waals surface area contributed by atoms with Crippen LogP contribution in [0.5, 0.6) is 23.1 Å². The SMILES string of the molecule is c1cc2c3c(c1)Oc1cccc[n+]1C31c3c(cccc3-n3nc(-c4ccc5sc6ccccc6c5c4)c[n+]31)O2. The van der Waals surface area contributed by atoms with Crippen molar-refractivity contribution in [3.63, 3.8) is 0 Å². The average Bonchev–Trinajstić information content (AvgIpc) is 3.65. The first-order valence-electron chi connectivity index (χ1n) is 12.9. The first-order valence-corrected chi connectivity index (χ1v) is 13.7. The largest absolute Gasteiger partial charge is 0.456 e. The zero-order chi connectivity index (χ0) is 25.3. The highest BCUT2D eigenvalue weighted by molar-refractivity contribution is 7.25. The molecule has 0 saturated heterocycles. The lowest BCUT2D eigenvalue weighted by Crippen LogP contribution is -2.75.